The zero-order valence-electron chi connectivity index (χ0n) is 11.6. The summed E-state index contributed by atoms with van der Waals surface area (Å²) in [6, 6.07) is 15.1. The molecule has 0 aliphatic rings. The fourth-order valence-corrected chi connectivity index (χ4v) is 1.71. The number of hydrogen-bond acceptors (Lipinski definition) is 2. The van der Waals surface area contributed by atoms with Crippen molar-refractivity contribution in [3.63, 3.8) is 0 Å². The molecule has 0 aliphatic heterocycles. The molecule has 0 aliphatic carbocycles. The second kappa shape index (κ2) is 7.14. The second-order valence-corrected chi connectivity index (χ2v) is 4.51. The van der Waals surface area contributed by atoms with Gasteiger partial charge < -0.3 is 0 Å². The zero-order chi connectivity index (χ0) is 15.1. The highest BCUT2D eigenvalue weighted by atomic mass is 19.1. The minimum Gasteiger partial charge on any atom is -0.267 e. The van der Waals surface area contributed by atoms with Gasteiger partial charge >= 0.3 is 0 Å². The Morgan fingerprint density at radius 1 is 1.10 bits per heavy atom. The third-order valence-electron chi connectivity index (χ3n) is 2.73. The van der Waals surface area contributed by atoms with Crippen molar-refractivity contribution in [3.8, 4) is 0 Å². The predicted molar refractivity (Wildman–Crippen MR) is 82.5 cm³/mol. The van der Waals surface area contributed by atoms with Crippen LogP contribution in [0.1, 0.15) is 22.8 Å². The molecular weight excluding hydrogens is 267 g/mol. The van der Waals surface area contributed by atoms with E-state index in [4.69, 9.17) is 0 Å². The quantitative estimate of drug-likeness (QED) is 0.675. The molecule has 1 N–H and O–H groups in total. The topological polar surface area (TPSA) is 41.5 Å². The number of amides is 1. The van der Waals surface area contributed by atoms with Gasteiger partial charge in [-0.05, 0) is 42.3 Å². The zero-order valence-corrected chi connectivity index (χ0v) is 11.6. The van der Waals surface area contributed by atoms with Crippen molar-refractivity contribution in [2.75, 3.05) is 0 Å². The predicted octanol–water partition coefficient (Wildman–Crippen LogP) is 3.64. The first kappa shape index (κ1) is 14.7. The Labute approximate surface area is 122 Å². The standard InChI is InChI=1S/C17H15FN2O/c1-13(11-14-5-3-2-4-6-14)12-19-20-17(21)15-7-9-16(18)10-8-15/h2-12H,1H3,(H,20,21)/b13-11-,19-12-. The van der Waals surface area contributed by atoms with Crippen LogP contribution >= 0.6 is 0 Å². The van der Waals surface area contributed by atoms with E-state index in [1.807, 2.05) is 43.3 Å². The van der Waals surface area contributed by atoms with E-state index in [0.717, 1.165) is 11.1 Å². The molecule has 0 fully saturated rings. The van der Waals surface area contributed by atoms with Crippen LogP contribution in [0.5, 0.6) is 0 Å². The van der Waals surface area contributed by atoms with Gasteiger partial charge in [-0.1, -0.05) is 36.4 Å². The van der Waals surface area contributed by atoms with Gasteiger partial charge in [-0.2, -0.15) is 5.10 Å². The SMILES string of the molecule is CC(/C=N\NC(=O)c1ccc(F)cc1)=C/c1ccccc1. The highest BCUT2D eigenvalue weighted by Gasteiger charge is 2.03. The summed E-state index contributed by atoms with van der Waals surface area (Å²) >= 11 is 0. The van der Waals surface area contributed by atoms with Crippen LogP contribution in [0.2, 0.25) is 0 Å². The molecule has 0 atom stereocenters. The number of nitrogens with zero attached hydrogens (tertiary/aromatic N) is 1. The lowest BCUT2D eigenvalue weighted by Crippen LogP contribution is -2.17. The Morgan fingerprint density at radius 2 is 1.76 bits per heavy atom. The van der Waals surface area contributed by atoms with Gasteiger partial charge in [0.1, 0.15) is 5.82 Å². The van der Waals surface area contributed by atoms with Gasteiger partial charge in [-0.15, -0.1) is 0 Å². The molecule has 21 heavy (non-hydrogen) atoms. The fourth-order valence-electron chi connectivity index (χ4n) is 1.71. The summed E-state index contributed by atoms with van der Waals surface area (Å²) in [6.07, 6.45) is 3.52. The smallest absolute Gasteiger partial charge is 0.267 e. The van der Waals surface area contributed by atoms with Gasteiger partial charge in [0.2, 0.25) is 0 Å². The third-order valence-corrected chi connectivity index (χ3v) is 2.73. The average molecular weight is 282 g/mol. The van der Waals surface area contributed by atoms with Crippen LogP contribution in [-0.4, -0.2) is 12.1 Å². The normalized spacial score (nSPS) is 11.6. The van der Waals surface area contributed by atoms with Crippen LogP contribution in [-0.2, 0) is 0 Å². The van der Waals surface area contributed by atoms with Crippen molar-refractivity contribution >= 4 is 18.2 Å². The van der Waals surface area contributed by atoms with Crippen LogP contribution in [0.4, 0.5) is 4.39 Å². The molecule has 2 aromatic carbocycles. The Kier molecular flexibility index (Phi) is 4.99. The fraction of sp³-hybridized carbons (Fsp3) is 0.0588. The number of hydrazone groups is 1. The van der Waals surface area contributed by atoms with E-state index in [9.17, 15) is 9.18 Å². The van der Waals surface area contributed by atoms with Crippen molar-refractivity contribution in [2.24, 2.45) is 5.10 Å². The molecule has 0 saturated heterocycles. The third kappa shape index (κ3) is 4.69. The number of allylic oxidation sites excluding steroid dienone is 1. The van der Waals surface area contributed by atoms with Crippen LogP contribution in [0.3, 0.4) is 0 Å². The van der Waals surface area contributed by atoms with Crippen LogP contribution in [0.15, 0.2) is 65.3 Å². The Morgan fingerprint density at radius 3 is 2.43 bits per heavy atom. The molecule has 0 heterocycles. The minimum atomic E-state index is -0.378. The van der Waals surface area contributed by atoms with Crippen LogP contribution in [0, 0.1) is 5.82 Å². The lowest BCUT2D eigenvalue weighted by Gasteiger charge is -1.99. The van der Waals surface area contributed by atoms with Crippen molar-refractivity contribution < 1.29 is 9.18 Å². The highest BCUT2D eigenvalue weighted by Crippen LogP contribution is 2.05. The van der Waals surface area contributed by atoms with Gasteiger partial charge in [0.05, 0.1) is 6.21 Å². The molecule has 0 bridgehead atoms. The Bertz CT molecular complexity index is 661. The number of carbonyl (C=O) groups is 1. The number of halogens is 1. The summed E-state index contributed by atoms with van der Waals surface area (Å²) < 4.78 is 12.7. The lowest BCUT2D eigenvalue weighted by atomic mass is 10.1. The van der Waals surface area contributed by atoms with E-state index in [1.165, 1.54) is 24.3 Å². The first-order valence-corrected chi connectivity index (χ1v) is 6.47. The van der Waals surface area contributed by atoms with E-state index >= 15 is 0 Å². The number of benzene rings is 2. The molecular formula is C17H15FN2O. The number of nitrogens with one attached hydrogen (secondary N) is 1. The van der Waals surface area contributed by atoms with Gasteiger partial charge in [0.15, 0.2) is 0 Å². The molecule has 0 unspecified atom stereocenters. The number of hydrogen-bond donors (Lipinski definition) is 1. The van der Waals surface area contributed by atoms with E-state index in [-0.39, 0.29) is 11.7 Å². The van der Waals surface area contributed by atoms with Crippen molar-refractivity contribution in [1.29, 1.82) is 0 Å². The van der Waals surface area contributed by atoms with Gasteiger partial charge in [0.25, 0.3) is 5.91 Å². The molecule has 0 spiro atoms. The summed E-state index contributed by atoms with van der Waals surface area (Å²) in [4.78, 5) is 11.7. The first-order chi connectivity index (χ1) is 10.1. The Balaban J connectivity index is 1.94. The van der Waals surface area contributed by atoms with Crippen molar-refractivity contribution in [1.82, 2.24) is 5.43 Å². The molecule has 4 heteroatoms. The second-order valence-electron chi connectivity index (χ2n) is 4.51. The molecule has 2 aromatic rings. The van der Waals surface area contributed by atoms with Crippen molar-refractivity contribution in [2.45, 2.75) is 6.92 Å². The van der Waals surface area contributed by atoms with E-state index in [1.54, 1.807) is 6.21 Å². The number of rotatable bonds is 4. The molecule has 3 nitrogen and oxygen atoms in total. The molecule has 0 saturated carbocycles. The molecule has 2 rings (SSSR count). The maximum absolute atomic E-state index is 12.7. The van der Waals surface area contributed by atoms with Gasteiger partial charge in [0, 0.05) is 5.56 Å². The maximum Gasteiger partial charge on any atom is 0.271 e. The van der Waals surface area contributed by atoms with Crippen molar-refractivity contribution in [3.05, 3.63) is 77.1 Å². The molecule has 106 valence electrons. The summed E-state index contributed by atoms with van der Waals surface area (Å²) in [6.45, 7) is 1.89. The van der Waals surface area contributed by atoms with Crippen LogP contribution < -0.4 is 5.43 Å². The first-order valence-electron chi connectivity index (χ1n) is 6.47. The van der Waals surface area contributed by atoms with E-state index in [2.05, 4.69) is 10.5 Å². The summed E-state index contributed by atoms with van der Waals surface area (Å²) in [5.41, 5.74) is 4.73. The Hall–Kier alpha value is -2.75. The highest BCUT2D eigenvalue weighted by molar-refractivity contribution is 5.95. The largest absolute Gasteiger partial charge is 0.271 e. The van der Waals surface area contributed by atoms with E-state index < -0.39 is 0 Å². The summed E-state index contributed by atoms with van der Waals surface area (Å²) in [5, 5.41) is 3.88. The monoisotopic (exact) mass is 282 g/mol. The van der Waals surface area contributed by atoms with Gasteiger partial charge in [-0.3, -0.25) is 4.79 Å². The van der Waals surface area contributed by atoms with E-state index in [0.29, 0.717) is 5.56 Å². The lowest BCUT2D eigenvalue weighted by molar-refractivity contribution is 0.0955. The molecule has 0 radical (unpaired) electrons. The minimum absolute atomic E-state index is 0.359. The number of carbonyl (C=O) groups excluding carboxylic acids is 1. The molecule has 0 aromatic heterocycles. The average Bonchev–Trinajstić information content (AvgIpc) is 2.49. The molecule has 1 amide bonds. The van der Waals surface area contributed by atoms with Crippen LogP contribution in [0.25, 0.3) is 6.08 Å². The maximum atomic E-state index is 12.7. The summed E-state index contributed by atoms with van der Waals surface area (Å²) in [7, 11) is 0. The van der Waals surface area contributed by atoms with Gasteiger partial charge in [-0.25, -0.2) is 9.82 Å². The summed E-state index contributed by atoms with van der Waals surface area (Å²) in [5.74, 6) is -0.754.